The van der Waals surface area contributed by atoms with Crippen molar-refractivity contribution in [2.45, 2.75) is 24.8 Å². The van der Waals surface area contributed by atoms with Crippen LogP contribution in [0.15, 0.2) is 23.1 Å². The summed E-state index contributed by atoms with van der Waals surface area (Å²) in [5, 5.41) is 0. The fourth-order valence-electron chi connectivity index (χ4n) is 2.49. The lowest BCUT2D eigenvalue weighted by Gasteiger charge is -2.35. The van der Waals surface area contributed by atoms with Gasteiger partial charge in [0.25, 0.3) is 0 Å². The van der Waals surface area contributed by atoms with E-state index in [9.17, 15) is 22.0 Å². The minimum absolute atomic E-state index is 0.0510. The van der Waals surface area contributed by atoms with E-state index in [4.69, 9.17) is 0 Å². The summed E-state index contributed by atoms with van der Waals surface area (Å²) in [6, 6.07) is 2.57. The molecule has 1 heterocycles. The van der Waals surface area contributed by atoms with Gasteiger partial charge in [-0.05, 0) is 39.1 Å². The van der Waals surface area contributed by atoms with Crippen LogP contribution in [0.2, 0.25) is 0 Å². The van der Waals surface area contributed by atoms with Crippen LogP contribution in [0, 0.1) is 11.6 Å². The summed E-state index contributed by atoms with van der Waals surface area (Å²) in [5.41, 5.74) is 0. The minimum atomic E-state index is -4.13. The molecule has 0 aliphatic carbocycles. The molecule has 1 fully saturated rings. The molecule has 9 heteroatoms. The standard InChI is InChI=1S/C16H23F2N3O3S/c1-12(2)19(3)11-16(22)20-6-8-21(9-7-20)25(23,24)15-10-13(17)4-5-14(15)18/h4-5,10,12H,6-9,11H2,1-3H3. The largest absolute Gasteiger partial charge is 0.339 e. The molecule has 0 unspecified atom stereocenters. The van der Waals surface area contributed by atoms with Crippen molar-refractivity contribution < 1.29 is 22.0 Å². The molecule has 0 N–H and O–H groups in total. The van der Waals surface area contributed by atoms with E-state index in [1.165, 1.54) is 0 Å². The molecule has 140 valence electrons. The number of likely N-dealkylation sites (N-methyl/N-ethyl adjacent to an activating group) is 1. The summed E-state index contributed by atoms with van der Waals surface area (Å²) < 4.78 is 53.2. The number of carbonyl (C=O) groups excluding carboxylic acids is 1. The molecule has 1 aromatic rings. The Kier molecular flexibility index (Phi) is 6.12. The zero-order chi connectivity index (χ0) is 18.8. The van der Waals surface area contributed by atoms with E-state index in [-0.39, 0.29) is 44.7 Å². The maximum absolute atomic E-state index is 13.8. The Morgan fingerprint density at radius 1 is 1.20 bits per heavy atom. The summed E-state index contributed by atoms with van der Waals surface area (Å²) in [5.74, 6) is -1.88. The zero-order valence-electron chi connectivity index (χ0n) is 14.6. The number of rotatable bonds is 5. The molecule has 0 aromatic heterocycles. The van der Waals surface area contributed by atoms with Crippen molar-refractivity contribution in [3.63, 3.8) is 0 Å². The molecule has 1 aromatic carbocycles. The van der Waals surface area contributed by atoms with Crippen LogP contribution in [0.4, 0.5) is 8.78 Å². The Labute approximate surface area is 147 Å². The van der Waals surface area contributed by atoms with Gasteiger partial charge in [0.15, 0.2) is 0 Å². The van der Waals surface area contributed by atoms with Crippen LogP contribution >= 0.6 is 0 Å². The van der Waals surface area contributed by atoms with Crippen LogP contribution in [0.5, 0.6) is 0 Å². The first-order valence-corrected chi connectivity index (χ1v) is 9.50. The van der Waals surface area contributed by atoms with Crippen molar-refractivity contribution in [1.29, 1.82) is 0 Å². The van der Waals surface area contributed by atoms with Crippen LogP contribution in [0.3, 0.4) is 0 Å². The molecule has 1 aliphatic heterocycles. The molecule has 6 nitrogen and oxygen atoms in total. The molecular formula is C16H23F2N3O3S. The molecule has 0 spiro atoms. The number of amides is 1. The maximum Gasteiger partial charge on any atom is 0.246 e. The Bertz CT molecular complexity index is 732. The van der Waals surface area contributed by atoms with Crippen LogP contribution in [-0.4, -0.2) is 74.2 Å². The number of halogens is 2. The first-order chi connectivity index (χ1) is 11.6. The third kappa shape index (κ3) is 4.53. The first kappa shape index (κ1) is 19.7. The van der Waals surface area contributed by atoms with Crippen molar-refractivity contribution >= 4 is 15.9 Å². The number of sulfonamides is 1. The predicted molar refractivity (Wildman–Crippen MR) is 89.5 cm³/mol. The summed E-state index contributed by atoms with van der Waals surface area (Å²) in [4.78, 5) is 15.1. The van der Waals surface area contributed by atoms with Crippen molar-refractivity contribution in [2.75, 3.05) is 39.8 Å². The lowest BCUT2D eigenvalue weighted by molar-refractivity contribution is -0.133. The van der Waals surface area contributed by atoms with Gasteiger partial charge in [0.1, 0.15) is 16.5 Å². The van der Waals surface area contributed by atoms with E-state index in [1.54, 1.807) is 4.90 Å². The fraction of sp³-hybridized carbons (Fsp3) is 0.562. The molecule has 1 amide bonds. The van der Waals surface area contributed by atoms with Crippen LogP contribution < -0.4 is 0 Å². The second kappa shape index (κ2) is 7.76. The molecule has 1 saturated heterocycles. The zero-order valence-corrected chi connectivity index (χ0v) is 15.4. The monoisotopic (exact) mass is 375 g/mol. The summed E-state index contributed by atoms with van der Waals surface area (Å²) in [7, 11) is -2.29. The molecule has 0 saturated carbocycles. The third-order valence-corrected chi connectivity index (χ3v) is 6.28. The van der Waals surface area contributed by atoms with Gasteiger partial charge < -0.3 is 4.90 Å². The van der Waals surface area contributed by atoms with Gasteiger partial charge in [-0.1, -0.05) is 0 Å². The highest BCUT2D eigenvalue weighted by Crippen LogP contribution is 2.21. The Morgan fingerprint density at radius 3 is 2.36 bits per heavy atom. The van der Waals surface area contributed by atoms with Crippen LogP contribution in [0.25, 0.3) is 0 Å². The fourth-order valence-corrected chi connectivity index (χ4v) is 3.99. The van der Waals surface area contributed by atoms with E-state index in [0.29, 0.717) is 6.07 Å². The quantitative estimate of drug-likeness (QED) is 0.774. The van der Waals surface area contributed by atoms with E-state index in [1.807, 2.05) is 25.8 Å². The third-order valence-electron chi connectivity index (χ3n) is 4.37. The molecule has 25 heavy (non-hydrogen) atoms. The van der Waals surface area contributed by atoms with Crippen molar-refractivity contribution in [3.05, 3.63) is 29.8 Å². The molecule has 0 radical (unpaired) electrons. The van der Waals surface area contributed by atoms with Crippen molar-refractivity contribution in [3.8, 4) is 0 Å². The minimum Gasteiger partial charge on any atom is -0.339 e. The van der Waals surface area contributed by atoms with E-state index in [2.05, 4.69) is 0 Å². The van der Waals surface area contributed by atoms with Gasteiger partial charge in [-0.25, -0.2) is 17.2 Å². The number of carbonyl (C=O) groups is 1. The number of benzene rings is 1. The lowest BCUT2D eigenvalue weighted by atomic mass is 10.3. The van der Waals surface area contributed by atoms with Gasteiger partial charge in [-0.2, -0.15) is 4.31 Å². The summed E-state index contributed by atoms with van der Waals surface area (Å²) >= 11 is 0. The number of hydrogen-bond acceptors (Lipinski definition) is 4. The summed E-state index contributed by atoms with van der Waals surface area (Å²) in [6.07, 6.45) is 0. The average molecular weight is 375 g/mol. The average Bonchev–Trinajstić information content (AvgIpc) is 2.56. The first-order valence-electron chi connectivity index (χ1n) is 8.06. The highest BCUT2D eigenvalue weighted by Gasteiger charge is 2.32. The summed E-state index contributed by atoms with van der Waals surface area (Å²) in [6.45, 7) is 4.76. The Hall–Kier alpha value is -1.58. The second-order valence-electron chi connectivity index (χ2n) is 6.37. The van der Waals surface area contributed by atoms with Crippen LogP contribution in [0.1, 0.15) is 13.8 Å². The number of hydrogen-bond donors (Lipinski definition) is 0. The normalized spacial score (nSPS) is 16.7. The SMILES string of the molecule is CC(C)N(C)CC(=O)N1CCN(S(=O)(=O)c2cc(F)ccc2F)CC1. The van der Waals surface area contributed by atoms with Crippen molar-refractivity contribution in [2.24, 2.45) is 0 Å². The molecule has 0 atom stereocenters. The van der Waals surface area contributed by atoms with Gasteiger partial charge in [0.05, 0.1) is 6.54 Å². The number of nitrogens with zero attached hydrogens (tertiary/aromatic N) is 3. The topological polar surface area (TPSA) is 60.9 Å². The molecule has 0 bridgehead atoms. The highest BCUT2D eigenvalue weighted by atomic mass is 32.2. The highest BCUT2D eigenvalue weighted by molar-refractivity contribution is 7.89. The van der Waals surface area contributed by atoms with E-state index >= 15 is 0 Å². The Balaban J connectivity index is 2.04. The van der Waals surface area contributed by atoms with Gasteiger partial charge >= 0.3 is 0 Å². The number of piperazine rings is 1. The van der Waals surface area contributed by atoms with Crippen LogP contribution in [-0.2, 0) is 14.8 Å². The van der Waals surface area contributed by atoms with Gasteiger partial charge in [-0.3, -0.25) is 9.69 Å². The molecular weight excluding hydrogens is 352 g/mol. The van der Waals surface area contributed by atoms with Gasteiger partial charge in [0.2, 0.25) is 15.9 Å². The van der Waals surface area contributed by atoms with Gasteiger partial charge in [0, 0.05) is 32.2 Å². The molecule has 2 rings (SSSR count). The smallest absolute Gasteiger partial charge is 0.246 e. The van der Waals surface area contributed by atoms with E-state index in [0.717, 1.165) is 16.4 Å². The molecule has 1 aliphatic rings. The second-order valence-corrected chi connectivity index (χ2v) is 8.27. The van der Waals surface area contributed by atoms with Gasteiger partial charge in [-0.15, -0.1) is 0 Å². The Morgan fingerprint density at radius 2 is 1.80 bits per heavy atom. The predicted octanol–water partition coefficient (Wildman–Crippen LogP) is 1.14. The van der Waals surface area contributed by atoms with E-state index < -0.39 is 26.6 Å². The van der Waals surface area contributed by atoms with Crippen molar-refractivity contribution in [1.82, 2.24) is 14.1 Å². The lowest BCUT2D eigenvalue weighted by Crippen LogP contribution is -2.52. The maximum atomic E-state index is 13.8.